The molecule has 0 saturated carbocycles. The van der Waals surface area contributed by atoms with Gasteiger partial charge in [0.15, 0.2) is 5.96 Å². The Balaban J connectivity index is 0.00000225. The van der Waals surface area contributed by atoms with Gasteiger partial charge in [0.2, 0.25) is 0 Å². The van der Waals surface area contributed by atoms with Crippen LogP contribution in [0.1, 0.15) is 24.2 Å². The van der Waals surface area contributed by atoms with Gasteiger partial charge in [0.1, 0.15) is 11.6 Å². The van der Waals surface area contributed by atoms with Crippen molar-refractivity contribution in [2.75, 3.05) is 33.4 Å². The highest BCUT2D eigenvalue weighted by molar-refractivity contribution is 14.0. The Morgan fingerprint density at radius 2 is 2.25 bits per heavy atom. The van der Waals surface area contributed by atoms with Crippen molar-refractivity contribution in [3.05, 3.63) is 47.8 Å². The van der Waals surface area contributed by atoms with Gasteiger partial charge in [-0.3, -0.25) is 4.99 Å². The molecular formula is C20H27FIN5O. The average Bonchev–Trinajstić information content (AvgIpc) is 3.39. The Labute approximate surface area is 182 Å². The number of ether oxygens (including phenoxy) is 1. The molecule has 6 nitrogen and oxygen atoms in total. The van der Waals surface area contributed by atoms with E-state index in [2.05, 4.69) is 20.2 Å². The second-order valence-electron chi connectivity index (χ2n) is 7.51. The molecule has 3 heterocycles. The van der Waals surface area contributed by atoms with E-state index in [-0.39, 0.29) is 35.2 Å². The lowest BCUT2D eigenvalue weighted by atomic mass is 9.87. The van der Waals surface area contributed by atoms with Gasteiger partial charge in [-0.15, -0.1) is 24.0 Å². The summed E-state index contributed by atoms with van der Waals surface area (Å²) in [5.74, 6) is 1.38. The lowest BCUT2D eigenvalue weighted by molar-refractivity contribution is 0.156. The summed E-state index contributed by atoms with van der Waals surface area (Å²) < 4.78 is 21.9. The van der Waals surface area contributed by atoms with Gasteiger partial charge in [0, 0.05) is 51.1 Å². The van der Waals surface area contributed by atoms with Crippen LogP contribution in [0.2, 0.25) is 0 Å². The molecular weight excluding hydrogens is 472 g/mol. The zero-order valence-corrected chi connectivity index (χ0v) is 18.7. The van der Waals surface area contributed by atoms with Crippen molar-refractivity contribution < 1.29 is 9.13 Å². The molecule has 2 saturated heterocycles. The Morgan fingerprint density at radius 3 is 2.89 bits per heavy atom. The second kappa shape index (κ2) is 8.77. The molecule has 152 valence electrons. The van der Waals surface area contributed by atoms with Crippen LogP contribution >= 0.6 is 24.0 Å². The fraction of sp³-hybridized carbons (Fsp3) is 0.500. The first-order chi connectivity index (χ1) is 13.1. The van der Waals surface area contributed by atoms with E-state index in [9.17, 15) is 4.39 Å². The molecule has 2 fully saturated rings. The van der Waals surface area contributed by atoms with Crippen LogP contribution in [0.15, 0.2) is 35.6 Å². The molecule has 1 unspecified atom stereocenters. The maximum absolute atomic E-state index is 14.6. The van der Waals surface area contributed by atoms with E-state index in [1.165, 1.54) is 0 Å². The zero-order chi connectivity index (χ0) is 18.9. The smallest absolute Gasteiger partial charge is 0.193 e. The summed E-state index contributed by atoms with van der Waals surface area (Å²) in [7, 11) is 1.80. The van der Waals surface area contributed by atoms with Crippen LogP contribution in [0.25, 0.3) is 5.69 Å². The number of aryl methyl sites for hydroxylation is 1. The molecule has 1 aromatic carbocycles. The molecule has 2 aliphatic rings. The van der Waals surface area contributed by atoms with Crippen LogP contribution in [0.5, 0.6) is 0 Å². The van der Waals surface area contributed by atoms with Crippen LogP contribution in [0.4, 0.5) is 4.39 Å². The Kier molecular flexibility index (Phi) is 6.59. The van der Waals surface area contributed by atoms with Crippen LogP contribution < -0.4 is 5.32 Å². The summed E-state index contributed by atoms with van der Waals surface area (Å²) in [5.41, 5.74) is 1.68. The maximum atomic E-state index is 14.6. The largest absolute Gasteiger partial charge is 0.381 e. The highest BCUT2D eigenvalue weighted by atomic mass is 127. The number of nitrogens with one attached hydrogen (secondary N) is 1. The third kappa shape index (κ3) is 4.17. The number of rotatable bonds is 3. The van der Waals surface area contributed by atoms with Crippen molar-refractivity contribution >= 4 is 29.9 Å². The van der Waals surface area contributed by atoms with Gasteiger partial charge in [0.05, 0.1) is 12.3 Å². The fourth-order valence-corrected chi connectivity index (χ4v) is 4.09. The minimum absolute atomic E-state index is 0. The predicted molar refractivity (Wildman–Crippen MR) is 118 cm³/mol. The standard InChI is InChI=1S/C20H26FN5O.HI/c1-15-23-7-9-26(15)18-4-3-16(11-17(18)21)12-24-19(22-2)25-8-5-20(13-25)6-10-27-14-20;/h3-4,7,9,11H,5-6,8,10,12-14H2,1-2H3,(H,22,24);1H. The minimum atomic E-state index is -0.256. The van der Waals surface area contributed by atoms with Gasteiger partial charge in [-0.1, -0.05) is 6.07 Å². The Hall–Kier alpha value is -1.68. The topological polar surface area (TPSA) is 54.7 Å². The molecule has 0 radical (unpaired) electrons. The lowest BCUT2D eigenvalue weighted by Crippen LogP contribution is -2.41. The van der Waals surface area contributed by atoms with E-state index in [4.69, 9.17) is 4.74 Å². The third-order valence-electron chi connectivity index (χ3n) is 5.68. The van der Waals surface area contributed by atoms with Crippen molar-refractivity contribution in [2.24, 2.45) is 10.4 Å². The SMILES string of the molecule is CN=C(NCc1ccc(-n2ccnc2C)c(F)c1)N1CCC2(CCOC2)C1.I. The summed E-state index contributed by atoms with van der Waals surface area (Å²) in [6.07, 6.45) is 5.71. The van der Waals surface area contributed by atoms with Gasteiger partial charge >= 0.3 is 0 Å². The summed E-state index contributed by atoms with van der Waals surface area (Å²) in [6, 6.07) is 5.31. The predicted octanol–water partition coefficient (Wildman–Crippen LogP) is 3.13. The number of hydrogen-bond donors (Lipinski definition) is 1. The normalized spacial score (nSPS) is 22.0. The summed E-state index contributed by atoms with van der Waals surface area (Å²) in [6.45, 7) is 6.06. The number of aliphatic imine (C=N–C) groups is 1. The molecule has 1 N–H and O–H groups in total. The van der Waals surface area contributed by atoms with Gasteiger partial charge in [-0.2, -0.15) is 0 Å². The highest BCUT2D eigenvalue weighted by Crippen LogP contribution is 2.38. The van der Waals surface area contributed by atoms with E-state index in [0.717, 1.165) is 56.5 Å². The number of likely N-dealkylation sites (tertiary alicyclic amines) is 1. The van der Waals surface area contributed by atoms with Crippen molar-refractivity contribution in [3.63, 3.8) is 0 Å². The van der Waals surface area contributed by atoms with E-state index in [1.54, 1.807) is 36.1 Å². The Morgan fingerprint density at radius 1 is 1.39 bits per heavy atom. The molecule has 2 aliphatic heterocycles. The van der Waals surface area contributed by atoms with Crippen molar-refractivity contribution in [1.82, 2.24) is 19.8 Å². The first kappa shape index (κ1) is 21.0. The number of imidazole rings is 1. The van der Waals surface area contributed by atoms with Crippen molar-refractivity contribution in [1.29, 1.82) is 0 Å². The van der Waals surface area contributed by atoms with Crippen LogP contribution in [0, 0.1) is 18.2 Å². The van der Waals surface area contributed by atoms with E-state index in [1.807, 2.05) is 13.0 Å². The summed E-state index contributed by atoms with van der Waals surface area (Å²) in [5, 5.41) is 3.38. The summed E-state index contributed by atoms with van der Waals surface area (Å²) in [4.78, 5) is 10.9. The number of hydrogen-bond acceptors (Lipinski definition) is 3. The molecule has 0 aliphatic carbocycles. The molecule has 1 atom stereocenters. The molecule has 2 aromatic rings. The van der Waals surface area contributed by atoms with Gasteiger partial charge in [0.25, 0.3) is 0 Å². The molecule has 28 heavy (non-hydrogen) atoms. The van der Waals surface area contributed by atoms with Crippen LogP contribution in [-0.4, -0.2) is 53.8 Å². The van der Waals surface area contributed by atoms with Crippen molar-refractivity contribution in [2.45, 2.75) is 26.3 Å². The van der Waals surface area contributed by atoms with Gasteiger partial charge in [-0.05, 0) is 37.5 Å². The molecule has 1 spiro atoms. The van der Waals surface area contributed by atoms with E-state index in [0.29, 0.717) is 12.2 Å². The summed E-state index contributed by atoms with van der Waals surface area (Å²) >= 11 is 0. The Bertz CT molecular complexity index is 847. The van der Waals surface area contributed by atoms with Crippen LogP contribution in [-0.2, 0) is 11.3 Å². The molecule has 4 rings (SSSR count). The van der Waals surface area contributed by atoms with Crippen LogP contribution in [0.3, 0.4) is 0 Å². The molecule has 0 amide bonds. The van der Waals surface area contributed by atoms with Gasteiger partial charge < -0.3 is 19.5 Å². The number of aromatic nitrogens is 2. The second-order valence-corrected chi connectivity index (χ2v) is 7.51. The highest BCUT2D eigenvalue weighted by Gasteiger charge is 2.42. The maximum Gasteiger partial charge on any atom is 0.193 e. The zero-order valence-electron chi connectivity index (χ0n) is 16.3. The fourth-order valence-electron chi connectivity index (χ4n) is 4.09. The monoisotopic (exact) mass is 499 g/mol. The molecule has 8 heteroatoms. The average molecular weight is 499 g/mol. The third-order valence-corrected chi connectivity index (χ3v) is 5.68. The number of guanidine groups is 1. The van der Waals surface area contributed by atoms with E-state index >= 15 is 0 Å². The first-order valence-corrected chi connectivity index (χ1v) is 9.42. The number of nitrogens with zero attached hydrogens (tertiary/aromatic N) is 4. The number of benzene rings is 1. The molecule has 0 bridgehead atoms. The number of halogens is 2. The quantitative estimate of drug-likeness (QED) is 0.401. The first-order valence-electron chi connectivity index (χ1n) is 9.42. The van der Waals surface area contributed by atoms with Crippen molar-refractivity contribution in [3.8, 4) is 5.69 Å². The minimum Gasteiger partial charge on any atom is -0.381 e. The lowest BCUT2D eigenvalue weighted by Gasteiger charge is -2.25. The van der Waals surface area contributed by atoms with E-state index < -0.39 is 0 Å². The molecule has 1 aromatic heterocycles. The van der Waals surface area contributed by atoms with Gasteiger partial charge in [-0.25, -0.2) is 9.37 Å².